The number of hydrogen-bond donors (Lipinski definition) is 1. The van der Waals surface area contributed by atoms with Crippen molar-refractivity contribution in [3.63, 3.8) is 0 Å². The molecule has 2 N–H and O–H groups in total. The van der Waals surface area contributed by atoms with E-state index in [9.17, 15) is 0 Å². The van der Waals surface area contributed by atoms with Crippen LogP contribution in [0.4, 0.5) is 0 Å². The first-order valence-electron chi connectivity index (χ1n) is 5.36. The van der Waals surface area contributed by atoms with Gasteiger partial charge in [-0.1, -0.05) is 28.1 Å². The first-order valence-corrected chi connectivity index (χ1v) is 6.56. The summed E-state index contributed by atoms with van der Waals surface area (Å²) >= 11 is 8.38. The maximum atomic E-state index is 5.68. The molecule has 1 heterocycles. The van der Waals surface area contributed by atoms with E-state index in [1.54, 1.807) is 10.9 Å². The fourth-order valence-electron chi connectivity index (χ4n) is 1.50. The van der Waals surface area contributed by atoms with Gasteiger partial charge in [0.1, 0.15) is 17.3 Å². The molecule has 0 aliphatic heterocycles. The number of nitrogens with zero attached hydrogens (tertiary/aromatic N) is 2. The molecule has 0 atom stereocenters. The number of hydrogen-bond acceptors (Lipinski definition) is 3. The Kier molecular flexibility index (Phi) is 4.33. The summed E-state index contributed by atoms with van der Waals surface area (Å²) in [5, 5.41) is 4.10. The molecule has 0 aliphatic carbocycles. The van der Waals surface area contributed by atoms with Crippen molar-refractivity contribution in [1.29, 1.82) is 0 Å². The van der Waals surface area contributed by atoms with Crippen LogP contribution in [0, 0.1) is 0 Å². The van der Waals surface area contributed by atoms with Gasteiger partial charge in [0.25, 0.3) is 0 Å². The van der Waals surface area contributed by atoms with Gasteiger partial charge in [-0.2, -0.15) is 5.10 Å². The van der Waals surface area contributed by atoms with Gasteiger partial charge in [-0.3, -0.25) is 4.68 Å². The molecule has 0 radical (unpaired) electrons. The van der Waals surface area contributed by atoms with E-state index in [-0.39, 0.29) is 0 Å². The third-order valence-electron chi connectivity index (χ3n) is 2.34. The van der Waals surface area contributed by atoms with Crippen LogP contribution in [-0.4, -0.2) is 21.4 Å². The maximum Gasteiger partial charge on any atom is 0.129 e. The fourth-order valence-corrected chi connectivity index (χ4v) is 2.02. The van der Waals surface area contributed by atoms with Gasteiger partial charge >= 0.3 is 0 Å². The topological polar surface area (TPSA) is 53.1 Å². The van der Waals surface area contributed by atoms with Crippen LogP contribution < -0.4 is 10.5 Å². The lowest BCUT2D eigenvalue weighted by molar-refractivity contribution is 0.291. The number of halogens is 1. The third kappa shape index (κ3) is 3.30. The normalized spacial score (nSPS) is 10.3. The highest BCUT2D eigenvalue weighted by atomic mass is 79.9. The molecular formula is C12H12BrN3OS. The van der Waals surface area contributed by atoms with Gasteiger partial charge in [0.15, 0.2) is 0 Å². The van der Waals surface area contributed by atoms with Gasteiger partial charge in [0.05, 0.1) is 12.1 Å². The zero-order chi connectivity index (χ0) is 13.0. The first-order chi connectivity index (χ1) is 8.66. The summed E-state index contributed by atoms with van der Waals surface area (Å²) in [6.45, 7) is 1.19. The smallest absolute Gasteiger partial charge is 0.129 e. The Hall–Kier alpha value is -1.40. The second kappa shape index (κ2) is 5.97. The van der Waals surface area contributed by atoms with Crippen LogP contribution in [0.5, 0.6) is 5.75 Å². The van der Waals surface area contributed by atoms with Crippen molar-refractivity contribution in [2.45, 2.75) is 6.54 Å². The largest absolute Gasteiger partial charge is 0.491 e. The minimum atomic E-state index is 0.324. The van der Waals surface area contributed by atoms with E-state index in [1.807, 2.05) is 30.5 Å². The summed E-state index contributed by atoms with van der Waals surface area (Å²) in [6, 6.07) is 7.47. The van der Waals surface area contributed by atoms with Gasteiger partial charge in [0.2, 0.25) is 0 Å². The summed E-state index contributed by atoms with van der Waals surface area (Å²) in [7, 11) is 0. The van der Waals surface area contributed by atoms with E-state index < -0.39 is 0 Å². The van der Waals surface area contributed by atoms with E-state index in [0.29, 0.717) is 23.9 Å². The predicted molar refractivity (Wildman–Crippen MR) is 77.8 cm³/mol. The summed E-state index contributed by atoms with van der Waals surface area (Å²) in [5.41, 5.74) is 6.40. The van der Waals surface area contributed by atoms with Crippen molar-refractivity contribution >= 4 is 33.1 Å². The summed E-state index contributed by atoms with van der Waals surface area (Å²) < 4.78 is 8.40. The van der Waals surface area contributed by atoms with Crippen molar-refractivity contribution in [3.05, 3.63) is 46.7 Å². The second-order valence-electron chi connectivity index (χ2n) is 3.62. The van der Waals surface area contributed by atoms with E-state index in [1.165, 1.54) is 0 Å². The standard InChI is InChI=1S/C12H12BrN3OS/c13-9-2-3-11(10(8-9)12(14)18)17-7-6-16-5-1-4-15-16/h1-5,8H,6-7H2,(H2,14,18). The summed E-state index contributed by atoms with van der Waals surface area (Å²) in [6.07, 6.45) is 3.62. The van der Waals surface area contributed by atoms with Crippen LogP contribution in [0.15, 0.2) is 41.1 Å². The molecule has 1 aromatic heterocycles. The Morgan fingerprint density at radius 1 is 1.50 bits per heavy atom. The molecule has 0 saturated carbocycles. The monoisotopic (exact) mass is 325 g/mol. The highest BCUT2D eigenvalue weighted by molar-refractivity contribution is 9.10. The minimum Gasteiger partial charge on any atom is -0.491 e. The maximum absolute atomic E-state index is 5.68. The number of nitrogens with two attached hydrogens (primary N) is 1. The molecule has 0 fully saturated rings. The molecule has 4 nitrogen and oxygen atoms in total. The van der Waals surface area contributed by atoms with Crippen molar-refractivity contribution in [2.75, 3.05) is 6.61 Å². The zero-order valence-electron chi connectivity index (χ0n) is 9.54. The average molecular weight is 326 g/mol. The molecule has 0 aliphatic rings. The Balaban J connectivity index is 2.02. The Bertz CT molecular complexity index is 542. The number of thiocarbonyl (C=S) groups is 1. The highest BCUT2D eigenvalue weighted by Crippen LogP contribution is 2.23. The molecule has 18 heavy (non-hydrogen) atoms. The van der Waals surface area contributed by atoms with Gasteiger partial charge in [0, 0.05) is 16.9 Å². The number of rotatable bonds is 5. The van der Waals surface area contributed by atoms with Gasteiger partial charge in [-0.05, 0) is 24.3 Å². The van der Waals surface area contributed by atoms with Crippen LogP contribution in [0.3, 0.4) is 0 Å². The lowest BCUT2D eigenvalue weighted by Gasteiger charge is -2.11. The molecule has 0 spiro atoms. The molecule has 94 valence electrons. The van der Waals surface area contributed by atoms with E-state index in [2.05, 4.69) is 21.0 Å². The lowest BCUT2D eigenvalue weighted by Crippen LogP contribution is -2.14. The summed E-state index contributed by atoms with van der Waals surface area (Å²) in [4.78, 5) is 0.324. The first kappa shape index (κ1) is 13.0. The molecule has 0 amide bonds. The number of aromatic nitrogens is 2. The molecule has 0 bridgehead atoms. The van der Waals surface area contributed by atoms with Crippen LogP contribution in [0.1, 0.15) is 5.56 Å². The van der Waals surface area contributed by atoms with Crippen LogP contribution in [0.2, 0.25) is 0 Å². The molecule has 6 heteroatoms. The van der Waals surface area contributed by atoms with Crippen molar-refractivity contribution in [2.24, 2.45) is 5.73 Å². The van der Waals surface area contributed by atoms with Gasteiger partial charge in [-0.15, -0.1) is 0 Å². The Morgan fingerprint density at radius 3 is 3.00 bits per heavy atom. The molecule has 0 unspecified atom stereocenters. The number of benzene rings is 1. The zero-order valence-corrected chi connectivity index (χ0v) is 11.9. The SMILES string of the molecule is NC(=S)c1cc(Br)ccc1OCCn1cccn1. The minimum absolute atomic E-state index is 0.324. The van der Waals surface area contributed by atoms with E-state index in [4.69, 9.17) is 22.7 Å². The van der Waals surface area contributed by atoms with Crippen molar-refractivity contribution in [3.8, 4) is 5.75 Å². The van der Waals surface area contributed by atoms with E-state index >= 15 is 0 Å². The highest BCUT2D eigenvalue weighted by Gasteiger charge is 2.07. The predicted octanol–water partition coefficient (Wildman–Crippen LogP) is 2.36. The van der Waals surface area contributed by atoms with Crippen molar-refractivity contribution < 1.29 is 4.74 Å². The Morgan fingerprint density at radius 2 is 2.33 bits per heavy atom. The third-order valence-corrected chi connectivity index (χ3v) is 3.06. The molecule has 2 aromatic rings. The van der Waals surface area contributed by atoms with E-state index in [0.717, 1.165) is 10.0 Å². The van der Waals surface area contributed by atoms with Gasteiger partial charge in [-0.25, -0.2) is 0 Å². The lowest BCUT2D eigenvalue weighted by atomic mass is 10.2. The fraction of sp³-hybridized carbons (Fsp3) is 0.167. The summed E-state index contributed by atoms with van der Waals surface area (Å²) in [5.74, 6) is 0.692. The van der Waals surface area contributed by atoms with Crippen LogP contribution in [-0.2, 0) is 6.54 Å². The molecule has 2 rings (SSSR count). The number of ether oxygens (including phenoxy) is 1. The van der Waals surface area contributed by atoms with Gasteiger partial charge < -0.3 is 10.5 Å². The van der Waals surface area contributed by atoms with Crippen LogP contribution in [0.25, 0.3) is 0 Å². The quantitative estimate of drug-likeness (QED) is 0.857. The average Bonchev–Trinajstić information content (AvgIpc) is 2.84. The Labute approximate surface area is 119 Å². The van der Waals surface area contributed by atoms with Crippen molar-refractivity contribution in [1.82, 2.24) is 9.78 Å². The molecule has 1 aromatic carbocycles. The molecular weight excluding hydrogens is 314 g/mol. The van der Waals surface area contributed by atoms with Crippen LogP contribution >= 0.6 is 28.1 Å². The second-order valence-corrected chi connectivity index (χ2v) is 4.98. The molecule has 0 saturated heterocycles.